The molecule has 2 amide bonds. The number of amides is 2. The number of methoxy groups -OCH3 is 1. The van der Waals surface area contributed by atoms with Gasteiger partial charge in [-0.15, -0.1) is 0 Å². The number of hydrogen-bond donors (Lipinski definition) is 3. The zero-order valence-electron chi connectivity index (χ0n) is 15.4. The number of carbonyl (C=O) groups excluding carboxylic acids is 1. The van der Waals surface area contributed by atoms with Gasteiger partial charge in [0, 0.05) is 18.5 Å². The van der Waals surface area contributed by atoms with Gasteiger partial charge >= 0.3 is 12.0 Å². The Morgan fingerprint density at radius 3 is 2.46 bits per heavy atom. The lowest BCUT2D eigenvalue weighted by Crippen LogP contribution is -2.45. The highest BCUT2D eigenvalue weighted by Crippen LogP contribution is 2.26. The molecule has 7 heteroatoms. The number of rotatable bonds is 8. The van der Waals surface area contributed by atoms with E-state index in [0.29, 0.717) is 50.3 Å². The molecule has 0 aliphatic heterocycles. The Morgan fingerprint density at radius 2 is 1.85 bits per heavy atom. The second-order valence-electron chi connectivity index (χ2n) is 6.81. The van der Waals surface area contributed by atoms with Crippen molar-refractivity contribution in [1.29, 1.82) is 0 Å². The lowest BCUT2D eigenvalue weighted by molar-refractivity contribution is -0.142. The average molecular weight is 364 g/mol. The van der Waals surface area contributed by atoms with Crippen molar-refractivity contribution in [2.24, 2.45) is 11.8 Å². The maximum absolute atomic E-state index is 12.0. The van der Waals surface area contributed by atoms with Crippen molar-refractivity contribution < 1.29 is 24.2 Å². The Kier molecular flexibility index (Phi) is 7.56. The van der Waals surface area contributed by atoms with Crippen LogP contribution in [0.5, 0.6) is 11.5 Å². The molecule has 1 aliphatic carbocycles. The zero-order valence-corrected chi connectivity index (χ0v) is 15.4. The van der Waals surface area contributed by atoms with Gasteiger partial charge in [-0.2, -0.15) is 0 Å². The minimum absolute atomic E-state index is 0.0470. The van der Waals surface area contributed by atoms with Crippen molar-refractivity contribution in [3.05, 3.63) is 24.3 Å². The molecule has 1 unspecified atom stereocenters. The molecule has 1 atom stereocenters. The van der Waals surface area contributed by atoms with Crippen LogP contribution in [0.2, 0.25) is 0 Å². The molecule has 0 spiro atoms. The van der Waals surface area contributed by atoms with Crippen molar-refractivity contribution in [3.8, 4) is 11.5 Å². The number of urea groups is 1. The van der Waals surface area contributed by atoms with E-state index in [0.717, 1.165) is 0 Å². The summed E-state index contributed by atoms with van der Waals surface area (Å²) in [6.45, 7) is 2.95. The summed E-state index contributed by atoms with van der Waals surface area (Å²) < 4.78 is 11.0. The van der Waals surface area contributed by atoms with Crippen molar-refractivity contribution in [3.63, 3.8) is 0 Å². The SMILES string of the molecule is COc1ccccc1OCC(C)CNC(=O)NC1CCC(C(=O)O)CC1. The van der Waals surface area contributed by atoms with Gasteiger partial charge in [0.2, 0.25) is 0 Å². The Bertz CT molecular complexity index is 599. The van der Waals surface area contributed by atoms with Gasteiger partial charge in [0.15, 0.2) is 11.5 Å². The van der Waals surface area contributed by atoms with E-state index < -0.39 is 5.97 Å². The van der Waals surface area contributed by atoms with Crippen LogP contribution in [0.25, 0.3) is 0 Å². The van der Waals surface area contributed by atoms with E-state index in [9.17, 15) is 9.59 Å². The minimum Gasteiger partial charge on any atom is -0.493 e. The Hall–Kier alpha value is -2.44. The molecule has 144 valence electrons. The van der Waals surface area contributed by atoms with Gasteiger partial charge in [-0.05, 0) is 37.8 Å². The quantitative estimate of drug-likeness (QED) is 0.659. The lowest BCUT2D eigenvalue weighted by atomic mass is 9.86. The Labute approximate surface area is 154 Å². The number of ether oxygens (including phenoxy) is 2. The number of carboxylic acids is 1. The molecule has 3 N–H and O–H groups in total. The molecule has 0 bridgehead atoms. The van der Waals surface area contributed by atoms with Crippen LogP contribution in [-0.4, -0.2) is 43.4 Å². The highest BCUT2D eigenvalue weighted by Gasteiger charge is 2.26. The van der Waals surface area contributed by atoms with Crippen LogP contribution < -0.4 is 20.1 Å². The maximum atomic E-state index is 12.0. The lowest BCUT2D eigenvalue weighted by Gasteiger charge is -2.27. The fraction of sp³-hybridized carbons (Fsp3) is 0.579. The molecule has 26 heavy (non-hydrogen) atoms. The van der Waals surface area contributed by atoms with Gasteiger partial charge in [0.1, 0.15) is 0 Å². The molecule has 1 saturated carbocycles. The number of aliphatic carboxylic acids is 1. The topological polar surface area (TPSA) is 96.9 Å². The summed E-state index contributed by atoms with van der Waals surface area (Å²) in [7, 11) is 1.60. The molecule has 1 aromatic carbocycles. The second kappa shape index (κ2) is 9.89. The van der Waals surface area contributed by atoms with Gasteiger partial charge in [0.05, 0.1) is 19.6 Å². The van der Waals surface area contributed by atoms with Crippen LogP contribution in [0.15, 0.2) is 24.3 Å². The van der Waals surface area contributed by atoms with E-state index in [1.165, 1.54) is 0 Å². The first-order valence-corrected chi connectivity index (χ1v) is 9.02. The maximum Gasteiger partial charge on any atom is 0.315 e. The normalized spacial score (nSPS) is 20.7. The van der Waals surface area contributed by atoms with Crippen LogP contribution in [0.1, 0.15) is 32.6 Å². The smallest absolute Gasteiger partial charge is 0.315 e. The van der Waals surface area contributed by atoms with E-state index in [2.05, 4.69) is 10.6 Å². The molecule has 7 nitrogen and oxygen atoms in total. The highest BCUT2D eigenvalue weighted by molar-refractivity contribution is 5.74. The molecular weight excluding hydrogens is 336 g/mol. The van der Waals surface area contributed by atoms with Crippen LogP contribution in [0.4, 0.5) is 4.79 Å². The molecule has 0 saturated heterocycles. The van der Waals surface area contributed by atoms with Crippen molar-refractivity contribution >= 4 is 12.0 Å². The number of benzene rings is 1. The molecule has 0 aromatic heterocycles. The van der Waals surface area contributed by atoms with Crippen LogP contribution >= 0.6 is 0 Å². The fourth-order valence-corrected chi connectivity index (χ4v) is 3.02. The summed E-state index contributed by atoms with van der Waals surface area (Å²) in [5.41, 5.74) is 0. The number of nitrogens with one attached hydrogen (secondary N) is 2. The third-order valence-corrected chi connectivity index (χ3v) is 4.62. The van der Waals surface area contributed by atoms with E-state index in [-0.39, 0.29) is 23.9 Å². The van der Waals surface area contributed by atoms with Gasteiger partial charge in [0.25, 0.3) is 0 Å². The van der Waals surface area contributed by atoms with Gasteiger partial charge in [-0.25, -0.2) is 4.79 Å². The first kappa shape index (κ1) is 19.9. The van der Waals surface area contributed by atoms with Crippen molar-refractivity contribution in [2.45, 2.75) is 38.6 Å². The van der Waals surface area contributed by atoms with Crippen molar-refractivity contribution in [1.82, 2.24) is 10.6 Å². The molecule has 0 radical (unpaired) electrons. The molecular formula is C19H28N2O5. The van der Waals surface area contributed by atoms with Gasteiger partial charge in [-0.1, -0.05) is 19.1 Å². The standard InChI is InChI=1S/C19H28N2O5/c1-13(12-26-17-6-4-3-5-16(17)25-2)11-20-19(24)21-15-9-7-14(8-10-15)18(22)23/h3-6,13-15H,7-12H2,1-2H3,(H,22,23)(H2,20,21,24). The monoisotopic (exact) mass is 364 g/mol. The van der Waals surface area contributed by atoms with E-state index in [1.807, 2.05) is 31.2 Å². The fourth-order valence-electron chi connectivity index (χ4n) is 3.02. The Morgan fingerprint density at radius 1 is 1.19 bits per heavy atom. The number of hydrogen-bond acceptors (Lipinski definition) is 4. The van der Waals surface area contributed by atoms with Crippen LogP contribution in [0, 0.1) is 11.8 Å². The largest absolute Gasteiger partial charge is 0.493 e. The molecule has 1 aromatic rings. The summed E-state index contributed by atoms with van der Waals surface area (Å²) in [6.07, 6.45) is 2.64. The first-order chi connectivity index (χ1) is 12.5. The molecule has 1 aliphatic rings. The van der Waals surface area contributed by atoms with Crippen LogP contribution in [0.3, 0.4) is 0 Å². The predicted octanol–water partition coefficient (Wildman–Crippen LogP) is 2.65. The summed E-state index contributed by atoms with van der Waals surface area (Å²) in [5, 5.41) is 14.8. The molecule has 0 heterocycles. The summed E-state index contributed by atoms with van der Waals surface area (Å²) in [4.78, 5) is 23.0. The highest BCUT2D eigenvalue weighted by atomic mass is 16.5. The van der Waals surface area contributed by atoms with Gasteiger partial charge < -0.3 is 25.2 Å². The number of carboxylic acid groups (broad SMARTS) is 1. The van der Waals surface area contributed by atoms with Gasteiger partial charge in [-0.3, -0.25) is 4.79 Å². The second-order valence-corrected chi connectivity index (χ2v) is 6.81. The number of para-hydroxylation sites is 2. The average Bonchev–Trinajstić information content (AvgIpc) is 2.65. The summed E-state index contributed by atoms with van der Waals surface area (Å²) >= 11 is 0. The minimum atomic E-state index is -0.739. The molecule has 1 fully saturated rings. The predicted molar refractivity (Wildman–Crippen MR) is 97.6 cm³/mol. The van der Waals surface area contributed by atoms with Crippen molar-refractivity contribution in [2.75, 3.05) is 20.3 Å². The zero-order chi connectivity index (χ0) is 18.9. The third kappa shape index (κ3) is 6.13. The number of carbonyl (C=O) groups is 2. The molecule has 2 rings (SSSR count). The van der Waals surface area contributed by atoms with E-state index >= 15 is 0 Å². The Balaban J connectivity index is 1.65. The third-order valence-electron chi connectivity index (χ3n) is 4.62. The van der Waals surface area contributed by atoms with E-state index in [4.69, 9.17) is 14.6 Å². The summed E-state index contributed by atoms with van der Waals surface area (Å²) in [6, 6.07) is 7.28. The van der Waals surface area contributed by atoms with Crippen LogP contribution in [-0.2, 0) is 4.79 Å². The first-order valence-electron chi connectivity index (χ1n) is 9.02. The summed E-state index contributed by atoms with van der Waals surface area (Å²) in [5.74, 6) is 0.484. The van der Waals surface area contributed by atoms with E-state index in [1.54, 1.807) is 7.11 Å².